The molecule has 1 heterocycles. The van der Waals surface area contributed by atoms with Gasteiger partial charge in [-0.3, -0.25) is 4.98 Å². The molecule has 0 saturated heterocycles. The number of nitrogens with zero attached hydrogens (tertiary/aromatic N) is 1. The molecule has 1 fully saturated rings. The highest BCUT2D eigenvalue weighted by Gasteiger charge is 2.17. The summed E-state index contributed by atoms with van der Waals surface area (Å²) in [7, 11) is 0. The Morgan fingerprint density at radius 3 is 3.00 bits per heavy atom. The number of anilines is 1. The van der Waals surface area contributed by atoms with E-state index in [1.807, 2.05) is 12.1 Å². The molecule has 1 saturated carbocycles. The predicted molar refractivity (Wildman–Crippen MR) is 66.0 cm³/mol. The molecule has 0 amide bonds. The molecule has 0 aliphatic heterocycles. The van der Waals surface area contributed by atoms with Crippen LogP contribution in [0, 0.1) is 5.92 Å². The molecule has 0 unspecified atom stereocenters. The summed E-state index contributed by atoms with van der Waals surface area (Å²) in [6.45, 7) is 1.00. The first-order chi connectivity index (χ1) is 7.27. The van der Waals surface area contributed by atoms with E-state index in [4.69, 9.17) is 18.0 Å². The Hall–Kier alpha value is -1.16. The number of hydrogen-bond donors (Lipinski definition) is 2. The van der Waals surface area contributed by atoms with Crippen molar-refractivity contribution >= 4 is 22.9 Å². The summed E-state index contributed by atoms with van der Waals surface area (Å²) in [5.41, 5.74) is 7.25. The van der Waals surface area contributed by atoms with Crippen LogP contribution in [0.1, 0.15) is 25.0 Å². The van der Waals surface area contributed by atoms with Crippen LogP contribution in [-0.2, 0) is 0 Å². The zero-order valence-corrected chi connectivity index (χ0v) is 9.39. The Morgan fingerprint density at radius 2 is 2.40 bits per heavy atom. The first-order valence-corrected chi connectivity index (χ1v) is 5.67. The van der Waals surface area contributed by atoms with Gasteiger partial charge in [-0.05, 0) is 30.9 Å². The minimum Gasteiger partial charge on any atom is -0.388 e. The molecule has 3 nitrogen and oxygen atoms in total. The van der Waals surface area contributed by atoms with Gasteiger partial charge in [0, 0.05) is 12.7 Å². The van der Waals surface area contributed by atoms with Crippen molar-refractivity contribution in [3.05, 3.63) is 24.0 Å². The second-order valence-electron chi connectivity index (χ2n) is 3.94. The Labute approximate surface area is 95.1 Å². The van der Waals surface area contributed by atoms with Gasteiger partial charge in [0.15, 0.2) is 0 Å². The van der Waals surface area contributed by atoms with Crippen molar-refractivity contribution < 1.29 is 0 Å². The van der Waals surface area contributed by atoms with Gasteiger partial charge >= 0.3 is 0 Å². The zero-order valence-electron chi connectivity index (χ0n) is 8.57. The number of nitrogens with one attached hydrogen (secondary N) is 1. The molecule has 0 aromatic carbocycles. The van der Waals surface area contributed by atoms with Crippen LogP contribution in [0.15, 0.2) is 18.3 Å². The highest BCUT2D eigenvalue weighted by atomic mass is 32.1. The second kappa shape index (κ2) is 4.57. The average Bonchev–Trinajstić information content (AvgIpc) is 2.16. The lowest BCUT2D eigenvalue weighted by Crippen LogP contribution is -2.23. The first kappa shape index (κ1) is 10.4. The lowest BCUT2D eigenvalue weighted by molar-refractivity contribution is 0.333. The molecule has 0 spiro atoms. The quantitative estimate of drug-likeness (QED) is 0.763. The van der Waals surface area contributed by atoms with E-state index in [0.29, 0.717) is 10.7 Å². The minimum absolute atomic E-state index is 0.353. The van der Waals surface area contributed by atoms with Gasteiger partial charge in [-0.15, -0.1) is 0 Å². The van der Waals surface area contributed by atoms with Crippen molar-refractivity contribution in [2.45, 2.75) is 19.3 Å². The second-order valence-corrected chi connectivity index (χ2v) is 4.38. The van der Waals surface area contributed by atoms with Crippen LogP contribution < -0.4 is 11.1 Å². The molecular formula is C11H15N3S. The van der Waals surface area contributed by atoms with Crippen molar-refractivity contribution in [2.75, 3.05) is 11.9 Å². The molecule has 2 rings (SSSR count). The van der Waals surface area contributed by atoms with E-state index in [0.717, 1.165) is 18.2 Å². The topological polar surface area (TPSA) is 50.9 Å². The molecule has 1 aliphatic carbocycles. The van der Waals surface area contributed by atoms with Gasteiger partial charge in [-0.2, -0.15) is 0 Å². The molecule has 4 heteroatoms. The average molecular weight is 221 g/mol. The largest absolute Gasteiger partial charge is 0.388 e. The Balaban J connectivity index is 2.02. The van der Waals surface area contributed by atoms with Gasteiger partial charge in [-0.1, -0.05) is 18.6 Å². The Bertz CT molecular complexity index is 361. The van der Waals surface area contributed by atoms with Crippen LogP contribution in [0.2, 0.25) is 0 Å². The van der Waals surface area contributed by atoms with E-state index in [2.05, 4.69) is 10.3 Å². The fourth-order valence-corrected chi connectivity index (χ4v) is 1.86. The van der Waals surface area contributed by atoms with Crippen LogP contribution in [0.4, 0.5) is 5.69 Å². The standard InChI is InChI=1S/C11H15N3S/c12-11(15)10-9(5-2-6-13-10)14-7-8-3-1-4-8/h2,5-6,8,14H,1,3-4,7H2,(H2,12,15). The van der Waals surface area contributed by atoms with E-state index in [1.165, 1.54) is 19.3 Å². The third-order valence-corrected chi connectivity index (χ3v) is 3.04. The summed E-state index contributed by atoms with van der Waals surface area (Å²) in [6, 6.07) is 3.87. The molecule has 15 heavy (non-hydrogen) atoms. The van der Waals surface area contributed by atoms with Gasteiger partial charge < -0.3 is 11.1 Å². The monoisotopic (exact) mass is 221 g/mol. The highest BCUT2D eigenvalue weighted by Crippen LogP contribution is 2.26. The summed E-state index contributed by atoms with van der Waals surface area (Å²) in [5.74, 6) is 0.810. The SMILES string of the molecule is NC(=S)c1ncccc1NCC1CCC1. The summed E-state index contributed by atoms with van der Waals surface area (Å²) in [4.78, 5) is 4.52. The van der Waals surface area contributed by atoms with Crippen molar-refractivity contribution in [1.82, 2.24) is 4.98 Å². The molecule has 0 atom stereocenters. The van der Waals surface area contributed by atoms with Gasteiger partial charge in [0.05, 0.1) is 5.69 Å². The predicted octanol–water partition coefficient (Wildman–Crippen LogP) is 1.93. The van der Waals surface area contributed by atoms with Crippen molar-refractivity contribution in [1.29, 1.82) is 0 Å². The van der Waals surface area contributed by atoms with Gasteiger partial charge in [0.25, 0.3) is 0 Å². The Kier molecular flexibility index (Phi) is 3.16. The van der Waals surface area contributed by atoms with Crippen LogP contribution in [0.3, 0.4) is 0 Å². The summed E-state index contributed by atoms with van der Waals surface area (Å²) < 4.78 is 0. The lowest BCUT2D eigenvalue weighted by Gasteiger charge is -2.26. The molecular weight excluding hydrogens is 206 g/mol. The fraction of sp³-hybridized carbons (Fsp3) is 0.455. The molecule has 0 radical (unpaired) electrons. The molecule has 1 aromatic heterocycles. The van der Waals surface area contributed by atoms with E-state index in [9.17, 15) is 0 Å². The van der Waals surface area contributed by atoms with Crippen molar-refractivity contribution in [3.63, 3.8) is 0 Å². The number of pyridine rings is 1. The smallest absolute Gasteiger partial charge is 0.124 e. The van der Waals surface area contributed by atoms with Gasteiger partial charge in [0.1, 0.15) is 10.7 Å². The molecule has 0 bridgehead atoms. The lowest BCUT2D eigenvalue weighted by atomic mass is 9.85. The summed E-state index contributed by atoms with van der Waals surface area (Å²) in [5, 5.41) is 3.37. The third kappa shape index (κ3) is 2.45. The molecule has 1 aromatic rings. The number of aromatic nitrogens is 1. The van der Waals surface area contributed by atoms with Gasteiger partial charge in [-0.25, -0.2) is 0 Å². The van der Waals surface area contributed by atoms with Crippen molar-refractivity contribution in [3.8, 4) is 0 Å². The number of rotatable bonds is 4. The van der Waals surface area contributed by atoms with Crippen LogP contribution >= 0.6 is 12.2 Å². The first-order valence-electron chi connectivity index (χ1n) is 5.26. The maximum atomic E-state index is 5.60. The van der Waals surface area contributed by atoms with E-state index in [-0.39, 0.29) is 0 Å². The molecule has 1 aliphatic rings. The normalized spacial score (nSPS) is 15.7. The number of thiocarbonyl (C=S) groups is 1. The zero-order chi connectivity index (χ0) is 10.7. The number of nitrogens with two attached hydrogens (primary N) is 1. The van der Waals surface area contributed by atoms with E-state index in [1.54, 1.807) is 6.20 Å². The van der Waals surface area contributed by atoms with Crippen molar-refractivity contribution in [2.24, 2.45) is 11.7 Å². The maximum Gasteiger partial charge on any atom is 0.124 e. The summed E-state index contributed by atoms with van der Waals surface area (Å²) in [6.07, 6.45) is 5.73. The Morgan fingerprint density at radius 1 is 1.60 bits per heavy atom. The third-order valence-electron chi connectivity index (χ3n) is 2.85. The van der Waals surface area contributed by atoms with Gasteiger partial charge in [0.2, 0.25) is 0 Å². The summed E-state index contributed by atoms with van der Waals surface area (Å²) >= 11 is 4.95. The van der Waals surface area contributed by atoms with Crippen LogP contribution in [-0.4, -0.2) is 16.5 Å². The molecule has 80 valence electrons. The minimum atomic E-state index is 0.353. The highest BCUT2D eigenvalue weighted by molar-refractivity contribution is 7.80. The van der Waals surface area contributed by atoms with Crippen LogP contribution in [0.5, 0.6) is 0 Å². The number of hydrogen-bond acceptors (Lipinski definition) is 3. The fourth-order valence-electron chi connectivity index (χ4n) is 1.70. The van der Waals surface area contributed by atoms with E-state index >= 15 is 0 Å². The van der Waals surface area contributed by atoms with E-state index < -0.39 is 0 Å². The van der Waals surface area contributed by atoms with Crippen LogP contribution in [0.25, 0.3) is 0 Å². The maximum absolute atomic E-state index is 5.60. The molecule has 3 N–H and O–H groups in total.